The second kappa shape index (κ2) is 6.90. The van der Waals surface area contributed by atoms with E-state index in [1.807, 2.05) is 11.5 Å². The first-order chi connectivity index (χ1) is 9.73. The number of rotatable bonds is 7. The second-order valence-corrected chi connectivity index (χ2v) is 7.02. The Bertz CT molecular complexity index is 608. The van der Waals surface area contributed by atoms with Gasteiger partial charge < -0.3 is 15.5 Å². The molecule has 1 heterocycles. The lowest BCUT2D eigenvalue weighted by Crippen LogP contribution is -2.36. The van der Waals surface area contributed by atoms with E-state index >= 15 is 0 Å². The highest BCUT2D eigenvalue weighted by Crippen LogP contribution is 2.15. The monoisotopic (exact) mass is 317 g/mol. The zero-order valence-electron chi connectivity index (χ0n) is 12.8. The van der Waals surface area contributed by atoms with Gasteiger partial charge in [-0.15, -0.1) is 0 Å². The minimum atomic E-state index is -3.69. The van der Waals surface area contributed by atoms with E-state index in [0.29, 0.717) is 5.82 Å². The topological polar surface area (TPSA) is 114 Å². The molecule has 0 aliphatic heterocycles. The van der Waals surface area contributed by atoms with Gasteiger partial charge in [0.25, 0.3) is 10.0 Å². The van der Waals surface area contributed by atoms with Crippen LogP contribution in [-0.2, 0) is 16.6 Å². The SMILES string of the molecule is CCCn1cc(S(=O)(=O)N(C)CC(C)C(N)=NO)nc1C. The van der Waals surface area contributed by atoms with E-state index in [2.05, 4.69) is 10.1 Å². The van der Waals surface area contributed by atoms with E-state index in [1.54, 1.807) is 20.0 Å². The molecule has 1 atom stereocenters. The van der Waals surface area contributed by atoms with E-state index in [9.17, 15) is 8.42 Å². The molecule has 0 aliphatic rings. The molecule has 0 aromatic carbocycles. The molecule has 1 unspecified atom stereocenters. The zero-order chi connectivity index (χ0) is 16.2. The van der Waals surface area contributed by atoms with Crippen LogP contribution in [0.5, 0.6) is 0 Å². The van der Waals surface area contributed by atoms with Gasteiger partial charge >= 0.3 is 0 Å². The molecule has 0 saturated carbocycles. The summed E-state index contributed by atoms with van der Waals surface area (Å²) in [6.07, 6.45) is 2.44. The quantitative estimate of drug-likeness (QED) is 0.331. The third kappa shape index (κ3) is 3.94. The van der Waals surface area contributed by atoms with E-state index in [4.69, 9.17) is 10.9 Å². The Morgan fingerprint density at radius 1 is 1.62 bits per heavy atom. The van der Waals surface area contributed by atoms with E-state index < -0.39 is 15.9 Å². The Kier molecular flexibility index (Phi) is 5.73. The van der Waals surface area contributed by atoms with Gasteiger partial charge in [0.15, 0.2) is 5.03 Å². The van der Waals surface area contributed by atoms with E-state index in [-0.39, 0.29) is 17.4 Å². The third-order valence-corrected chi connectivity index (χ3v) is 4.94. The summed E-state index contributed by atoms with van der Waals surface area (Å²) in [6.45, 7) is 6.30. The Balaban J connectivity index is 2.97. The van der Waals surface area contributed by atoms with E-state index in [1.165, 1.54) is 7.05 Å². The molecule has 9 heteroatoms. The van der Waals surface area contributed by atoms with Gasteiger partial charge in [0.2, 0.25) is 0 Å². The van der Waals surface area contributed by atoms with Crippen LogP contribution < -0.4 is 5.73 Å². The summed E-state index contributed by atoms with van der Waals surface area (Å²) in [7, 11) is -2.24. The van der Waals surface area contributed by atoms with Gasteiger partial charge in [0.1, 0.15) is 11.7 Å². The van der Waals surface area contributed by atoms with Crippen molar-refractivity contribution in [1.29, 1.82) is 0 Å². The third-order valence-electron chi connectivity index (χ3n) is 3.24. The molecule has 3 N–H and O–H groups in total. The predicted molar refractivity (Wildman–Crippen MR) is 79.6 cm³/mol. The van der Waals surface area contributed by atoms with Crippen molar-refractivity contribution >= 4 is 15.9 Å². The molecule has 0 saturated heterocycles. The maximum atomic E-state index is 12.5. The molecule has 120 valence electrons. The normalized spacial score (nSPS) is 14.6. The van der Waals surface area contributed by atoms with Crippen molar-refractivity contribution in [3.05, 3.63) is 12.0 Å². The van der Waals surface area contributed by atoms with Crippen molar-refractivity contribution < 1.29 is 13.6 Å². The number of hydrogen-bond acceptors (Lipinski definition) is 5. The standard InChI is InChI=1S/C12H23N5O3S/c1-5-6-17-8-11(14-10(17)3)21(19,20)16(4)7-9(2)12(13)15-18/h8-9,18H,5-7H2,1-4H3,(H2,13,15). The summed E-state index contributed by atoms with van der Waals surface area (Å²) in [5.74, 6) is 0.256. The lowest BCUT2D eigenvalue weighted by molar-refractivity contribution is 0.312. The Morgan fingerprint density at radius 3 is 2.76 bits per heavy atom. The van der Waals surface area contributed by atoms with Crippen LogP contribution in [0.2, 0.25) is 0 Å². The summed E-state index contributed by atoms with van der Waals surface area (Å²) in [6, 6.07) is 0. The number of nitrogens with two attached hydrogens (primary N) is 1. The van der Waals surface area contributed by atoms with Gasteiger partial charge in [-0.1, -0.05) is 19.0 Å². The minimum absolute atomic E-state index is 0.00950. The van der Waals surface area contributed by atoms with Crippen LogP contribution >= 0.6 is 0 Å². The highest BCUT2D eigenvalue weighted by atomic mass is 32.2. The largest absolute Gasteiger partial charge is 0.409 e. The Labute approximate surface area is 125 Å². The van der Waals surface area contributed by atoms with Crippen LogP contribution in [0.25, 0.3) is 0 Å². The first kappa shape index (κ1) is 17.4. The van der Waals surface area contributed by atoms with Crippen molar-refractivity contribution in [2.45, 2.75) is 38.8 Å². The van der Waals surface area contributed by atoms with Crippen LogP contribution in [0.4, 0.5) is 0 Å². The van der Waals surface area contributed by atoms with Crippen molar-refractivity contribution in [3.8, 4) is 0 Å². The van der Waals surface area contributed by atoms with Crippen molar-refractivity contribution in [2.24, 2.45) is 16.8 Å². The van der Waals surface area contributed by atoms with E-state index in [0.717, 1.165) is 17.3 Å². The van der Waals surface area contributed by atoms with Gasteiger partial charge in [-0.2, -0.15) is 4.31 Å². The maximum absolute atomic E-state index is 12.5. The van der Waals surface area contributed by atoms with Crippen molar-refractivity contribution in [3.63, 3.8) is 0 Å². The molecule has 0 fully saturated rings. The van der Waals surface area contributed by atoms with Gasteiger partial charge in [-0.3, -0.25) is 0 Å². The summed E-state index contributed by atoms with van der Waals surface area (Å²) in [5.41, 5.74) is 5.47. The Morgan fingerprint density at radius 2 is 2.24 bits per heavy atom. The summed E-state index contributed by atoms with van der Waals surface area (Å²) in [5, 5.41) is 11.5. The highest BCUT2D eigenvalue weighted by Gasteiger charge is 2.26. The molecule has 21 heavy (non-hydrogen) atoms. The molecule has 0 radical (unpaired) electrons. The first-order valence-electron chi connectivity index (χ1n) is 6.71. The number of nitrogens with zero attached hydrogens (tertiary/aromatic N) is 4. The number of oxime groups is 1. The molecule has 1 rings (SSSR count). The molecule has 0 spiro atoms. The summed E-state index contributed by atoms with van der Waals surface area (Å²) in [4.78, 5) is 4.12. The van der Waals surface area contributed by atoms with Crippen LogP contribution in [0.15, 0.2) is 16.4 Å². The molecule has 0 amide bonds. The number of aromatic nitrogens is 2. The van der Waals surface area contributed by atoms with Crippen LogP contribution in [0.3, 0.4) is 0 Å². The molecular weight excluding hydrogens is 294 g/mol. The average Bonchev–Trinajstić information content (AvgIpc) is 2.80. The maximum Gasteiger partial charge on any atom is 0.261 e. The second-order valence-electron chi connectivity index (χ2n) is 5.03. The van der Waals surface area contributed by atoms with Crippen LogP contribution in [-0.4, -0.2) is 46.9 Å². The molecular formula is C12H23N5O3S. The number of sulfonamides is 1. The fourth-order valence-corrected chi connectivity index (χ4v) is 3.15. The highest BCUT2D eigenvalue weighted by molar-refractivity contribution is 7.89. The molecule has 0 bridgehead atoms. The average molecular weight is 317 g/mol. The lowest BCUT2D eigenvalue weighted by Gasteiger charge is -2.19. The minimum Gasteiger partial charge on any atom is -0.409 e. The summed E-state index contributed by atoms with van der Waals surface area (Å²) >= 11 is 0. The number of imidazole rings is 1. The van der Waals surface area contributed by atoms with Crippen molar-refractivity contribution in [2.75, 3.05) is 13.6 Å². The summed E-state index contributed by atoms with van der Waals surface area (Å²) < 4.78 is 27.9. The van der Waals surface area contributed by atoms with Gasteiger partial charge in [0.05, 0.1) is 0 Å². The number of aryl methyl sites for hydroxylation is 2. The fraction of sp³-hybridized carbons (Fsp3) is 0.667. The lowest BCUT2D eigenvalue weighted by atomic mass is 10.2. The van der Waals surface area contributed by atoms with Crippen LogP contribution in [0, 0.1) is 12.8 Å². The fourth-order valence-electron chi connectivity index (χ4n) is 1.91. The zero-order valence-corrected chi connectivity index (χ0v) is 13.6. The predicted octanol–water partition coefficient (Wildman–Crippen LogP) is 0.605. The molecule has 1 aromatic heterocycles. The molecule has 0 aliphatic carbocycles. The van der Waals surface area contributed by atoms with Crippen LogP contribution in [0.1, 0.15) is 26.1 Å². The van der Waals surface area contributed by atoms with Gasteiger partial charge in [-0.25, -0.2) is 13.4 Å². The van der Waals surface area contributed by atoms with Gasteiger partial charge in [-0.05, 0) is 13.3 Å². The van der Waals surface area contributed by atoms with Gasteiger partial charge in [0, 0.05) is 32.3 Å². The number of hydrogen-bond donors (Lipinski definition) is 2. The van der Waals surface area contributed by atoms with Crippen molar-refractivity contribution in [1.82, 2.24) is 13.9 Å². The Hall–Kier alpha value is -1.61. The molecule has 8 nitrogen and oxygen atoms in total. The smallest absolute Gasteiger partial charge is 0.261 e. The number of amidine groups is 1. The molecule has 1 aromatic rings. The first-order valence-corrected chi connectivity index (χ1v) is 8.15.